The SMILES string of the molecule is Fc1cc(F)c2nc(CCCl)n(CC(F)(F)F)c2c1. The molecule has 0 aliphatic carbocycles. The minimum atomic E-state index is -4.52. The molecule has 0 saturated carbocycles. The molecular formula is C11H8ClF5N2. The van der Waals surface area contributed by atoms with Crippen LogP contribution in [0.2, 0.25) is 0 Å². The Morgan fingerprint density at radius 1 is 1.21 bits per heavy atom. The molecule has 0 amide bonds. The van der Waals surface area contributed by atoms with Crippen molar-refractivity contribution in [1.82, 2.24) is 9.55 Å². The van der Waals surface area contributed by atoms with E-state index in [4.69, 9.17) is 11.6 Å². The van der Waals surface area contributed by atoms with E-state index in [-0.39, 0.29) is 29.2 Å². The first-order valence-corrected chi connectivity index (χ1v) is 5.82. The zero-order valence-corrected chi connectivity index (χ0v) is 10.2. The monoisotopic (exact) mass is 298 g/mol. The number of alkyl halides is 4. The van der Waals surface area contributed by atoms with Gasteiger partial charge in [0.1, 0.15) is 23.7 Å². The van der Waals surface area contributed by atoms with Gasteiger partial charge in [-0.25, -0.2) is 13.8 Å². The van der Waals surface area contributed by atoms with Crippen LogP contribution >= 0.6 is 11.6 Å². The predicted molar refractivity (Wildman–Crippen MR) is 60.1 cm³/mol. The maximum Gasteiger partial charge on any atom is 0.406 e. The molecule has 0 N–H and O–H groups in total. The second kappa shape index (κ2) is 4.96. The van der Waals surface area contributed by atoms with Crippen LogP contribution in [0.5, 0.6) is 0 Å². The number of halogens is 6. The van der Waals surface area contributed by atoms with Gasteiger partial charge in [-0.05, 0) is 6.07 Å². The van der Waals surface area contributed by atoms with Gasteiger partial charge in [-0.2, -0.15) is 13.2 Å². The molecule has 0 unspecified atom stereocenters. The Morgan fingerprint density at radius 3 is 2.47 bits per heavy atom. The summed E-state index contributed by atoms with van der Waals surface area (Å²) >= 11 is 5.48. The molecule has 0 atom stereocenters. The van der Waals surface area contributed by atoms with Crippen molar-refractivity contribution in [2.24, 2.45) is 0 Å². The highest BCUT2D eigenvalue weighted by atomic mass is 35.5. The number of hydrogen-bond donors (Lipinski definition) is 0. The molecule has 1 heterocycles. The first-order chi connectivity index (χ1) is 8.81. The third-order valence-electron chi connectivity index (χ3n) is 2.51. The van der Waals surface area contributed by atoms with Crippen molar-refractivity contribution in [2.75, 3.05) is 5.88 Å². The summed E-state index contributed by atoms with van der Waals surface area (Å²) in [4.78, 5) is 3.76. The van der Waals surface area contributed by atoms with E-state index in [0.717, 1.165) is 10.6 Å². The van der Waals surface area contributed by atoms with Gasteiger partial charge in [-0.1, -0.05) is 0 Å². The van der Waals surface area contributed by atoms with E-state index in [1.807, 2.05) is 0 Å². The zero-order valence-electron chi connectivity index (χ0n) is 9.44. The van der Waals surface area contributed by atoms with Gasteiger partial charge >= 0.3 is 6.18 Å². The first kappa shape index (κ1) is 14.0. The number of aromatic nitrogens is 2. The molecule has 0 fully saturated rings. The average molecular weight is 299 g/mol. The van der Waals surface area contributed by atoms with Gasteiger partial charge in [-0.3, -0.25) is 0 Å². The van der Waals surface area contributed by atoms with Gasteiger partial charge in [0.15, 0.2) is 5.82 Å². The number of nitrogens with zero attached hydrogens (tertiary/aromatic N) is 2. The van der Waals surface area contributed by atoms with Gasteiger partial charge in [0.25, 0.3) is 0 Å². The topological polar surface area (TPSA) is 17.8 Å². The van der Waals surface area contributed by atoms with Crippen LogP contribution in [0.15, 0.2) is 12.1 Å². The van der Waals surface area contributed by atoms with E-state index >= 15 is 0 Å². The van der Waals surface area contributed by atoms with Crippen LogP contribution in [-0.2, 0) is 13.0 Å². The van der Waals surface area contributed by atoms with Crippen LogP contribution in [0.4, 0.5) is 22.0 Å². The lowest BCUT2D eigenvalue weighted by Crippen LogP contribution is -2.19. The van der Waals surface area contributed by atoms with Gasteiger partial charge < -0.3 is 4.57 Å². The summed E-state index contributed by atoms with van der Waals surface area (Å²) in [6.07, 6.45) is -4.48. The van der Waals surface area contributed by atoms with Crippen molar-refractivity contribution < 1.29 is 22.0 Å². The highest BCUT2D eigenvalue weighted by molar-refractivity contribution is 6.17. The van der Waals surface area contributed by atoms with E-state index in [1.54, 1.807) is 0 Å². The normalized spacial score (nSPS) is 12.3. The fraction of sp³-hybridized carbons (Fsp3) is 0.364. The van der Waals surface area contributed by atoms with Crippen LogP contribution < -0.4 is 0 Å². The largest absolute Gasteiger partial charge is 0.406 e. The van der Waals surface area contributed by atoms with Crippen LogP contribution in [0.25, 0.3) is 11.0 Å². The summed E-state index contributed by atoms with van der Waals surface area (Å²) in [7, 11) is 0. The molecule has 19 heavy (non-hydrogen) atoms. The molecule has 2 nitrogen and oxygen atoms in total. The van der Waals surface area contributed by atoms with Gasteiger partial charge in [0.2, 0.25) is 0 Å². The fourth-order valence-electron chi connectivity index (χ4n) is 1.83. The van der Waals surface area contributed by atoms with Crippen molar-refractivity contribution in [3.8, 4) is 0 Å². The maximum atomic E-state index is 13.5. The highest BCUT2D eigenvalue weighted by Crippen LogP contribution is 2.26. The average Bonchev–Trinajstić information content (AvgIpc) is 2.57. The Kier molecular flexibility index (Phi) is 3.66. The molecule has 1 aromatic carbocycles. The number of hydrogen-bond acceptors (Lipinski definition) is 1. The molecule has 0 saturated heterocycles. The van der Waals surface area contributed by atoms with Gasteiger partial charge in [-0.15, -0.1) is 11.6 Å². The lowest BCUT2D eigenvalue weighted by Gasteiger charge is -2.11. The molecule has 0 bridgehead atoms. The maximum absolute atomic E-state index is 13.5. The standard InChI is InChI=1S/C11H8ClF5N2/c12-2-1-9-18-10-7(14)3-6(13)4-8(10)19(9)5-11(15,16)17/h3-4H,1-2,5H2. The molecule has 8 heteroatoms. The Balaban J connectivity index is 2.65. The summed E-state index contributed by atoms with van der Waals surface area (Å²) in [6.45, 7) is -1.36. The Hall–Kier alpha value is -1.37. The van der Waals surface area contributed by atoms with E-state index in [1.165, 1.54) is 0 Å². The van der Waals surface area contributed by atoms with E-state index in [9.17, 15) is 22.0 Å². The minimum Gasteiger partial charge on any atom is -0.319 e. The third-order valence-corrected chi connectivity index (χ3v) is 2.70. The lowest BCUT2D eigenvalue weighted by molar-refractivity contribution is -0.140. The van der Waals surface area contributed by atoms with Crippen LogP contribution in [0.1, 0.15) is 5.82 Å². The summed E-state index contributed by atoms with van der Waals surface area (Å²) in [5, 5.41) is 0. The van der Waals surface area contributed by atoms with Crippen molar-refractivity contribution in [2.45, 2.75) is 19.1 Å². The lowest BCUT2D eigenvalue weighted by atomic mass is 10.3. The van der Waals surface area contributed by atoms with E-state index in [0.29, 0.717) is 6.07 Å². The molecule has 1 aromatic heterocycles. The van der Waals surface area contributed by atoms with Gasteiger partial charge in [0, 0.05) is 18.4 Å². The Labute approximate surface area is 109 Å². The zero-order chi connectivity index (χ0) is 14.2. The number of rotatable bonds is 3. The quantitative estimate of drug-likeness (QED) is 0.624. The highest BCUT2D eigenvalue weighted by Gasteiger charge is 2.30. The summed E-state index contributed by atoms with van der Waals surface area (Å²) in [5.41, 5.74) is -0.513. The number of aryl methyl sites for hydroxylation is 1. The molecule has 0 spiro atoms. The number of fused-ring (bicyclic) bond motifs is 1. The van der Waals surface area contributed by atoms with Crippen molar-refractivity contribution in [3.05, 3.63) is 29.6 Å². The van der Waals surface area contributed by atoms with Gasteiger partial charge in [0.05, 0.1) is 5.52 Å². The van der Waals surface area contributed by atoms with E-state index < -0.39 is 24.4 Å². The predicted octanol–water partition coefficient (Wildman–Crippen LogP) is 3.66. The number of benzene rings is 1. The first-order valence-electron chi connectivity index (χ1n) is 5.28. The molecule has 0 aliphatic rings. The second-order valence-electron chi connectivity index (χ2n) is 3.92. The second-order valence-corrected chi connectivity index (χ2v) is 4.30. The summed E-state index contributed by atoms with van der Waals surface area (Å²) < 4.78 is 64.8. The van der Waals surface area contributed by atoms with Crippen LogP contribution in [-0.4, -0.2) is 21.6 Å². The smallest absolute Gasteiger partial charge is 0.319 e. The molecule has 104 valence electrons. The van der Waals surface area contributed by atoms with Crippen molar-refractivity contribution in [3.63, 3.8) is 0 Å². The Bertz CT molecular complexity index is 605. The summed E-state index contributed by atoms with van der Waals surface area (Å²) in [5.74, 6) is -1.94. The van der Waals surface area contributed by atoms with Crippen LogP contribution in [0.3, 0.4) is 0 Å². The molecule has 0 aliphatic heterocycles. The fourth-order valence-corrected chi connectivity index (χ4v) is 2.00. The molecule has 0 radical (unpaired) electrons. The molecular weight excluding hydrogens is 291 g/mol. The van der Waals surface area contributed by atoms with Crippen molar-refractivity contribution >= 4 is 22.6 Å². The summed E-state index contributed by atoms with van der Waals surface area (Å²) in [6, 6.07) is 1.41. The molecule has 2 aromatic rings. The number of imidazole rings is 1. The minimum absolute atomic E-state index is 0.0215. The van der Waals surface area contributed by atoms with E-state index in [2.05, 4.69) is 4.98 Å². The Morgan fingerprint density at radius 2 is 1.89 bits per heavy atom. The third kappa shape index (κ3) is 2.97. The van der Waals surface area contributed by atoms with Crippen LogP contribution in [0, 0.1) is 11.6 Å². The molecule has 2 rings (SSSR count). The van der Waals surface area contributed by atoms with Crippen molar-refractivity contribution in [1.29, 1.82) is 0 Å².